The first-order valence-corrected chi connectivity index (χ1v) is 6.91. The summed E-state index contributed by atoms with van der Waals surface area (Å²) in [5.41, 5.74) is 0. The predicted octanol–water partition coefficient (Wildman–Crippen LogP) is 1.57. The summed E-state index contributed by atoms with van der Waals surface area (Å²) in [4.78, 5) is 18.0. The Bertz CT molecular complexity index is 371. The molecule has 0 aromatic carbocycles. The lowest BCUT2D eigenvalue weighted by atomic mass is 10.1. The zero-order valence-electron chi connectivity index (χ0n) is 11.5. The molecule has 19 heavy (non-hydrogen) atoms. The van der Waals surface area contributed by atoms with Crippen LogP contribution in [0.25, 0.3) is 0 Å². The number of hydrogen-bond donors (Lipinski definition) is 0. The van der Waals surface area contributed by atoms with Crippen LogP contribution >= 0.6 is 23.2 Å². The normalized spacial score (nSPS) is 21.2. The molecule has 6 heteroatoms. The van der Waals surface area contributed by atoms with E-state index in [1.54, 1.807) is 19.0 Å². The van der Waals surface area contributed by atoms with Crippen molar-refractivity contribution in [2.45, 2.75) is 6.04 Å². The first-order valence-electron chi connectivity index (χ1n) is 6.15. The van der Waals surface area contributed by atoms with Gasteiger partial charge in [-0.1, -0.05) is 36.4 Å². The molecule has 1 aliphatic rings. The maximum atomic E-state index is 12.3. The van der Waals surface area contributed by atoms with Crippen LogP contribution in [0.1, 0.15) is 0 Å². The fourth-order valence-corrected chi connectivity index (χ4v) is 2.53. The first kappa shape index (κ1) is 16.5. The number of nitrogens with zero attached hydrogens (tertiary/aromatic N) is 3. The fourth-order valence-electron chi connectivity index (χ4n) is 2.21. The molecule has 1 fully saturated rings. The molecule has 0 saturated carbocycles. The third-order valence-electron chi connectivity index (χ3n) is 3.07. The van der Waals surface area contributed by atoms with Gasteiger partial charge in [-0.25, -0.2) is 0 Å². The smallest absolute Gasteiger partial charge is 0.240 e. The van der Waals surface area contributed by atoms with Crippen LogP contribution in [-0.2, 0) is 4.79 Å². The topological polar surface area (TPSA) is 26.8 Å². The van der Waals surface area contributed by atoms with Gasteiger partial charge in [-0.3, -0.25) is 14.6 Å². The Hall–Kier alpha value is -0.550. The molecule has 1 aliphatic heterocycles. The van der Waals surface area contributed by atoms with Crippen LogP contribution in [0.4, 0.5) is 0 Å². The van der Waals surface area contributed by atoms with E-state index in [9.17, 15) is 4.79 Å². The third-order valence-corrected chi connectivity index (χ3v) is 3.31. The maximum absolute atomic E-state index is 12.3. The second-order valence-corrected chi connectivity index (χ2v) is 6.06. The minimum Gasteiger partial charge on any atom is -0.347 e. The number of amides is 1. The SMILES string of the molecule is C=C(Cl)CN1CCN(CC(=C)Cl)[C@H](C(=O)N(C)C)C1. The lowest BCUT2D eigenvalue weighted by Gasteiger charge is -2.41. The molecule has 0 bridgehead atoms. The summed E-state index contributed by atoms with van der Waals surface area (Å²) in [6, 6.07) is -0.213. The molecule has 1 atom stereocenters. The number of halogens is 2. The van der Waals surface area contributed by atoms with E-state index in [2.05, 4.69) is 23.0 Å². The molecule has 0 radical (unpaired) electrons. The summed E-state index contributed by atoms with van der Waals surface area (Å²) >= 11 is 11.7. The first-order chi connectivity index (χ1) is 8.81. The molecule has 1 amide bonds. The number of carbonyl (C=O) groups excluding carboxylic acids is 1. The van der Waals surface area contributed by atoms with E-state index in [4.69, 9.17) is 23.2 Å². The van der Waals surface area contributed by atoms with Crippen molar-refractivity contribution in [2.24, 2.45) is 0 Å². The Labute approximate surface area is 125 Å². The zero-order valence-corrected chi connectivity index (χ0v) is 13.0. The van der Waals surface area contributed by atoms with Crippen LogP contribution in [0.15, 0.2) is 23.2 Å². The van der Waals surface area contributed by atoms with Crippen LogP contribution in [0, 0.1) is 0 Å². The van der Waals surface area contributed by atoms with E-state index >= 15 is 0 Å². The van der Waals surface area contributed by atoms with Crippen molar-refractivity contribution in [2.75, 3.05) is 46.8 Å². The van der Waals surface area contributed by atoms with Gasteiger partial charge in [-0.15, -0.1) is 0 Å². The Morgan fingerprint density at radius 1 is 1.21 bits per heavy atom. The molecule has 0 spiro atoms. The van der Waals surface area contributed by atoms with Gasteiger partial charge in [0, 0.05) is 56.9 Å². The van der Waals surface area contributed by atoms with Crippen molar-refractivity contribution >= 4 is 29.1 Å². The van der Waals surface area contributed by atoms with Crippen LogP contribution in [-0.4, -0.2) is 73.5 Å². The Balaban J connectivity index is 2.76. The summed E-state index contributed by atoms with van der Waals surface area (Å²) < 4.78 is 0. The van der Waals surface area contributed by atoms with Crippen molar-refractivity contribution in [3.05, 3.63) is 23.2 Å². The van der Waals surface area contributed by atoms with Gasteiger partial charge >= 0.3 is 0 Å². The monoisotopic (exact) mass is 305 g/mol. The minimum atomic E-state index is -0.213. The molecule has 1 heterocycles. The van der Waals surface area contributed by atoms with Crippen molar-refractivity contribution in [1.29, 1.82) is 0 Å². The molecule has 0 unspecified atom stereocenters. The molecule has 1 saturated heterocycles. The zero-order chi connectivity index (χ0) is 14.6. The molecular weight excluding hydrogens is 285 g/mol. The second-order valence-electron chi connectivity index (χ2n) is 4.99. The fraction of sp³-hybridized carbons (Fsp3) is 0.615. The highest BCUT2D eigenvalue weighted by atomic mass is 35.5. The highest BCUT2D eigenvalue weighted by Crippen LogP contribution is 2.16. The maximum Gasteiger partial charge on any atom is 0.240 e. The largest absolute Gasteiger partial charge is 0.347 e. The van der Waals surface area contributed by atoms with E-state index in [1.807, 2.05) is 0 Å². The van der Waals surface area contributed by atoms with Gasteiger partial charge in [0.25, 0.3) is 0 Å². The highest BCUT2D eigenvalue weighted by molar-refractivity contribution is 6.29. The second kappa shape index (κ2) is 7.29. The van der Waals surface area contributed by atoms with Crippen LogP contribution in [0.3, 0.4) is 0 Å². The van der Waals surface area contributed by atoms with Gasteiger partial charge in [-0.05, 0) is 0 Å². The van der Waals surface area contributed by atoms with Crippen molar-refractivity contribution in [3.63, 3.8) is 0 Å². The average Bonchev–Trinajstić information content (AvgIpc) is 2.28. The van der Waals surface area contributed by atoms with E-state index in [0.717, 1.165) is 13.1 Å². The quantitative estimate of drug-likeness (QED) is 0.771. The highest BCUT2D eigenvalue weighted by Gasteiger charge is 2.33. The number of hydrogen-bond acceptors (Lipinski definition) is 3. The van der Waals surface area contributed by atoms with Crippen LogP contribution < -0.4 is 0 Å². The number of rotatable bonds is 5. The summed E-state index contributed by atoms with van der Waals surface area (Å²) in [5, 5.41) is 1.14. The molecule has 108 valence electrons. The molecule has 4 nitrogen and oxygen atoms in total. The summed E-state index contributed by atoms with van der Waals surface area (Å²) in [7, 11) is 3.52. The third kappa shape index (κ3) is 5.15. The van der Waals surface area contributed by atoms with Gasteiger partial charge in [0.1, 0.15) is 6.04 Å². The van der Waals surface area contributed by atoms with Gasteiger partial charge in [0.2, 0.25) is 5.91 Å². The molecule has 0 aromatic heterocycles. The van der Waals surface area contributed by atoms with Crippen molar-refractivity contribution < 1.29 is 4.79 Å². The summed E-state index contributed by atoms with van der Waals surface area (Å²) in [5.74, 6) is 0.0720. The standard InChI is InChI=1S/C13H21Cl2N3O/c1-10(14)7-17-5-6-18(8-11(2)15)12(9-17)13(19)16(3)4/h12H,1-2,5-9H2,3-4H3/t12-/m0/s1. The summed E-state index contributed by atoms with van der Waals surface area (Å²) in [6.45, 7) is 10.8. The molecular formula is C13H21Cl2N3O. The lowest BCUT2D eigenvalue weighted by molar-refractivity contribution is -0.136. The van der Waals surface area contributed by atoms with Crippen molar-refractivity contribution in [3.8, 4) is 0 Å². The molecule has 1 rings (SSSR count). The lowest BCUT2D eigenvalue weighted by Crippen LogP contribution is -2.59. The predicted molar refractivity (Wildman–Crippen MR) is 80.5 cm³/mol. The van der Waals surface area contributed by atoms with Crippen LogP contribution in [0.5, 0.6) is 0 Å². The molecule has 0 aromatic rings. The molecule has 0 N–H and O–H groups in total. The van der Waals surface area contributed by atoms with E-state index in [1.165, 1.54) is 0 Å². The van der Waals surface area contributed by atoms with E-state index in [0.29, 0.717) is 29.7 Å². The molecule has 0 aliphatic carbocycles. The Kier molecular flexibility index (Phi) is 6.33. The van der Waals surface area contributed by atoms with Gasteiger partial charge in [0.15, 0.2) is 0 Å². The van der Waals surface area contributed by atoms with Crippen LogP contribution in [0.2, 0.25) is 0 Å². The van der Waals surface area contributed by atoms with Gasteiger partial charge < -0.3 is 4.90 Å². The van der Waals surface area contributed by atoms with Gasteiger partial charge in [0.05, 0.1) is 0 Å². The number of piperazine rings is 1. The number of carbonyl (C=O) groups is 1. The Morgan fingerprint density at radius 3 is 2.26 bits per heavy atom. The number of likely N-dealkylation sites (N-methyl/N-ethyl adjacent to an activating group) is 1. The van der Waals surface area contributed by atoms with Gasteiger partial charge in [-0.2, -0.15) is 0 Å². The summed E-state index contributed by atoms with van der Waals surface area (Å²) in [6.07, 6.45) is 0. The average molecular weight is 306 g/mol. The minimum absolute atomic E-state index is 0.0720. The Morgan fingerprint density at radius 2 is 1.79 bits per heavy atom. The van der Waals surface area contributed by atoms with E-state index in [-0.39, 0.29) is 11.9 Å². The van der Waals surface area contributed by atoms with Crippen molar-refractivity contribution in [1.82, 2.24) is 14.7 Å². The van der Waals surface area contributed by atoms with E-state index < -0.39 is 0 Å².